The average molecular weight is 521 g/mol. The zero-order valence-electron chi connectivity index (χ0n) is 18.7. The lowest BCUT2D eigenvalue weighted by atomic mass is 10.2. The Morgan fingerprint density at radius 2 is 1.51 bits per heavy atom. The van der Waals surface area contributed by atoms with Crippen LogP contribution in [-0.4, -0.2) is 45.8 Å². The van der Waals surface area contributed by atoms with E-state index in [2.05, 4.69) is 27.2 Å². The average Bonchev–Trinajstić information content (AvgIpc) is 3.27. The maximum absolute atomic E-state index is 11.4. The molecule has 0 aliphatic rings. The van der Waals surface area contributed by atoms with Gasteiger partial charge in [0, 0.05) is 31.1 Å². The second-order valence-electron chi connectivity index (χ2n) is 6.65. The van der Waals surface area contributed by atoms with E-state index in [9.17, 15) is 29.8 Å². The molecule has 1 aromatic heterocycles. The topological polar surface area (TPSA) is 157 Å². The summed E-state index contributed by atoms with van der Waals surface area (Å²) in [6.45, 7) is 0. The van der Waals surface area contributed by atoms with Gasteiger partial charge in [-0.1, -0.05) is 0 Å². The first-order valence-corrected chi connectivity index (χ1v) is 11.0. The van der Waals surface area contributed by atoms with E-state index in [0.29, 0.717) is 10.6 Å². The van der Waals surface area contributed by atoms with Crippen molar-refractivity contribution in [3.8, 4) is 0 Å². The van der Waals surface area contributed by atoms with Gasteiger partial charge in [0.2, 0.25) is 0 Å². The van der Waals surface area contributed by atoms with Crippen LogP contribution in [0, 0.1) is 20.2 Å². The number of carbonyl (C=O) groups is 2. The van der Waals surface area contributed by atoms with Crippen LogP contribution in [0.2, 0.25) is 0 Å². The lowest BCUT2D eigenvalue weighted by Gasteiger charge is -2.04. The summed E-state index contributed by atoms with van der Waals surface area (Å²) < 4.78 is 10.7. The molecule has 0 fully saturated rings. The van der Waals surface area contributed by atoms with Crippen molar-refractivity contribution in [1.82, 2.24) is 9.78 Å². The molecule has 14 heteroatoms. The molecule has 0 amide bonds. The number of esters is 2. The number of aryl methyl sites for hydroxylation is 1. The molecule has 0 aliphatic heterocycles. The highest BCUT2D eigenvalue weighted by Crippen LogP contribution is 2.32. The van der Waals surface area contributed by atoms with Crippen molar-refractivity contribution in [2.24, 2.45) is 7.05 Å². The van der Waals surface area contributed by atoms with Crippen molar-refractivity contribution < 1.29 is 28.9 Å². The van der Waals surface area contributed by atoms with Gasteiger partial charge in [-0.2, -0.15) is 5.10 Å². The number of hydrogen-bond donors (Lipinski definition) is 1. The van der Waals surface area contributed by atoms with Gasteiger partial charge in [-0.3, -0.25) is 24.9 Å². The smallest absolute Gasteiger partial charge is 0.338 e. The van der Waals surface area contributed by atoms with E-state index >= 15 is 0 Å². The quantitative estimate of drug-likeness (QED) is 0.158. The fourth-order valence-corrected chi connectivity index (χ4v) is 3.76. The Morgan fingerprint density at radius 1 is 0.971 bits per heavy atom. The lowest BCUT2D eigenvalue weighted by Crippen LogP contribution is -2.02. The molecular formula is C21H20N4O8S2. The Bertz CT molecular complexity index is 1260. The minimum atomic E-state index is -0.610. The number of benzene rings is 2. The van der Waals surface area contributed by atoms with Crippen molar-refractivity contribution >= 4 is 47.7 Å². The molecule has 2 aromatic carbocycles. The molecule has 0 spiro atoms. The summed E-state index contributed by atoms with van der Waals surface area (Å²) in [5, 5.41) is 25.8. The molecule has 0 bridgehead atoms. The molecule has 3 aromatic rings. The highest BCUT2D eigenvalue weighted by molar-refractivity contribution is 7.98. The number of thiol groups is 1. The number of methoxy groups -OCH3 is 2. The van der Waals surface area contributed by atoms with Crippen LogP contribution >= 0.6 is 24.4 Å². The summed E-state index contributed by atoms with van der Waals surface area (Å²) in [7, 11) is 4.25. The number of nitro groups is 2. The number of aromatic nitrogens is 2. The van der Waals surface area contributed by atoms with E-state index in [-0.39, 0.29) is 27.4 Å². The van der Waals surface area contributed by atoms with Crippen LogP contribution in [0.25, 0.3) is 0 Å². The van der Waals surface area contributed by atoms with E-state index < -0.39 is 21.8 Å². The van der Waals surface area contributed by atoms with Crippen LogP contribution in [0.4, 0.5) is 11.4 Å². The van der Waals surface area contributed by atoms with Crippen molar-refractivity contribution in [2.75, 3.05) is 14.2 Å². The predicted molar refractivity (Wildman–Crippen MR) is 129 cm³/mol. The molecule has 12 nitrogen and oxygen atoms in total. The molecular weight excluding hydrogens is 500 g/mol. The normalized spacial score (nSPS) is 10.1. The highest BCUT2D eigenvalue weighted by atomic mass is 32.2. The molecule has 35 heavy (non-hydrogen) atoms. The predicted octanol–water partition coefficient (Wildman–Crippen LogP) is 4.08. The zero-order valence-corrected chi connectivity index (χ0v) is 20.4. The Morgan fingerprint density at radius 3 is 2.00 bits per heavy atom. The standard InChI is InChI=1S/C13H13N3O4S.C8H7NO4S/c1-15-6-5-10(14-15)8-21-12-4-3-9(13(17)20-2)7-11(12)16(18)19;1-13-8(10)5-2-3-7(14)6(4-5)9(11)12/h3-7H,8H2,1-2H3;2-4,14H,1H3. The van der Waals surface area contributed by atoms with Crippen LogP contribution in [0.5, 0.6) is 0 Å². The minimum Gasteiger partial charge on any atom is -0.465 e. The third kappa shape index (κ3) is 7.55. The van der Waals surface area contributed by atoms with Crippen LogP contribution in [0.15, 0.2) is 58.5 Å². The second-order valence-corrected chi connectivity index (χ2v) is 8.15. The van der Waals surface area contributed by atoms with Gasteiger partial charge in [0.05, 0.1) is 50.7 Å². The summed E-state index contributed by atoms with van der Waals surface area (Å²) >= 11 is 5.19. The van der Waals surface area contributed by atoms with Crippen LogP contribution in [0.1, 0.15) is 26.4 Å². The molecule has 0 unspecified atom stereocenters. The van der Waals surface area contributed by atoms with Gasteiger partial charge < -0.3 is 9.47 Å². The van der Waals surface area contributed by atoms with Gasteiger partial charge in [0.1, 0.15) is 0 Å². The Kier molecular flexibility index (Phi) is 9.78. The Hall–Kier alpha value is -3.91. The van der Waals surface area contributed by atoms with E-state index in [0.717, 1.165) is 11.8 Å². The van der Waals surface area contributed by atoms with Gasteiger partial charge in [0.15, 0.2) is 0 Å². The summed E-state index contributed by atoms with van der Waals surface area (Å²) in [6, 6.07) is 10.1. The first-order valence-electron chi connectivity index (χ1n) is 9.61. The Balaban J connectivity index is 0.000000269. The first-order chi connectivity index (χ1) is 16.6. The van der Waals surface area contributed by atoms with Crippen molar-refractivity contribution in [3.05, 3.63) is 85.7 Å². The van der Waals surface area contributed by atoms with Crippen molar-refractivity contribution in [3.63, 3.8) is 0 Å². The van der Waals surface area contributed by atoms with E-state index in [1.165, 1.54) is 50.2 Å². The van der Waals surface area contributed by atoms with E-state index in [4.69, 9.17) is 0 Å². The van der Waals surface area contributed by atoms with Crippen LogP contribution < -0.4 is 0 Å². The molecule has 3 rings (SSSR count). The monoisotopic (exact) mass is 520 g/mol. The highest BCUT2D eigenvalue weighted by Gasteiger charge is 2.19. The molecule has 1 heterocycles. The molecule has 0 saturated heterocycles. The van der Waals surface area contributed by atoms with E-state index in [1.54, 1.807) is 10.7 Å². The number of rotatable bonds is 7. The number of carbonyl (C=O) groups excluding carboxylic acids is 2. The van der Waals surface area contributed by atoms with Crippen molar-refractivity contribution in [2.45, 2.75) is 15.5 Å². The third-order valence-electron chi connectivity index (χ3n) is 4.31. The van der Waals surface area contributed by atoms with Crippen LogP contribution in [-0.2, 0) is 22.3 Å². The third-order valence-corrected chi connectivity index (χ3v) is 5.79. The van der Waals surface area contributed by atoms with Gasteiger partial charge in [-0.05, 0) is 30.3 Å². The molecule has 184 valence electrons. The molecule has 0 N–H and O–H groups in total. The number of nitro benzene ring substituents is 2. The largest absolute Gasteiger partial charge is 0.465 e. The first kappa shape index (κ1) is 27.3. The lowest BCUT2D eigenvalue weighted by molar-refractivity contribution is -0.387. The summed E-state index contributed by atoms with van der Waals surface area (Å²) in [4.78, 5) is 43.6. The molecule has 0 radical (unpaired) electrons. The summed E-state index contributed by atoms with van der Waals surface area (Å²) in [5.41, 5.74) is 0.798. The van der Waals surface area contributed by atoms with Crippen LogP contribution in [0.3, 0.4) is 0 Å². The summed E-state index contributed by atoms with van der Waals surface area (Å²) in [6.07, 6.45) is 1.81. The molecule has 0 saturated carbocycles. The van der Waals surface area contributed by atoms with Gasteiger partial charge in [-0.15, -0.1) is 24.4 Å². The number of thioether (sulfide) groups is 1. The van der Waals surface area contributed by atoms with Gasteiger partial charge >= 0.3 is 11.9 Å². The van der Waals surface area contributed by atoms with Gasteiger partial charge in [-0.25, -0.2) is 9.59 Å². The van der Waals surface area contributed by atoms with Gasteiger partial charge in [0.25, 0.3) is 11.4 Å². The van der Waals surface area contributed by atoms with E-state index in [1.807, 2.05) is 19.3 Å². The zero-order chi connectivity index (χ0) is 26.1. The SMILES string of the molecule is COC(=O)c1ccc(S)c([N+](=O)[O-])c1.COC(=O)c1ccc(SCc2ccn(C)n2)c([N+](=O)[O-])c1. The van der Waals surface area contributed by atoms with Crippen molar-refractivity contribution in [1.29, 1.82) is 0 Å². The maximum Gasteiger partial charge on any atom is 0.338 e. The number of hydrogen-bond acceptors (Lipinski definition) is 11. The fourth-order valence-electron chi connectivity index (χ4n) is 2.63. The molecule has 0 aliphatic carbocycles. The number of ether oxygens (including phenoxy) is 2. The minimum absolute atomic E-state index is 0.112. The summed E-state index contributed by atoms with van der Waals surface area (Å²) in [5.74, 6) is -0.694. The maximum atomic E-state index is 11.4. The molecule has 0 atom stereocenters. The Labute approximate surface area is 208 Å². The fraction of sp³-hybridized carbons (Fsp3) is 0.190. The second kappa shape index (κ2) is 12.5. The number of nitrogens with zero attached hydrogens (tertiary/aromatic N) is 4.